The van der Waals surface area contributed by atoms with E-state index in [4.69, 9.17) is 0 Å². The van der Waals surface area contributed by atoms with E-state index in [1.807, 2.05) is 13.0 Å². The molecule has 1 N–H and O–H groups in total. The van der Waals surface area contributed by atoms with Crippen molar-refractivity contribution in [2.45, 2.75) is 39.2 Å². The monoisotopic (exact) mass is 306 g/mol. The van der Waals surface area contributed by atoms with Crippen LogP contribution < -0.4 is 5.32 Å². The van der Waals surface area contributed by atoms with Gasteiger partial charge in [0.2, 0.25) is 5.91 Å². The molecular weight excluding hydrogens is 279 g/mol. The molecule has 2 unspecified atom stereocenters. The zero-order valence-electron chi connectivity index (χ0n) is 13.8. The van der Waals surface area contributed by atoms with Crippen LogP contribution in [-0.2, 0) is 4.79 Å². The van der Waals surface area contributed by atoms with E-state index in [2.05, 4.69) is 12.2 Å². The normalized spacial score (nSPS) is 18.7. The number of piperidine rings is 1. The molecule has 4 heteroatoms. The highest BCUT2D eigenvalue weighted by atomic mass is 19.1. The van der Waals surface area contributed by atoms with Gasteiger partial charge in [-0.2, -0.15) is 0 Å². The van der Waals surface area contributed by atoms with Crippen LogP contribution in [0.3, 0.4) is 0 Å². The Hall–Kier alpha value is -1.42. The molecule has 22 heavy (non-hydrogen) atoms. The second kappa shape index (κ2) is 7.73. The molecule has 0 aromatic heterocycles. The average molecular weight is 306 g/mol. The SMILES string of the molecule is CC(CC(=O)N(C)C(C)c1ccccc1F)C1CCNCC1. The third-order valence-corrected chi connectivity index (χ3v) is 5.01. The Bertz CT molecular complexity index is 500. The predicted octanol–water partition coefficient (Wildman–Crippen LogP) is 3.37. The van der Waals surface area contributed by atoms with E-state index < -0.39 is 0 Å². The van der Waals surface area contributed by atoms with Gasteiger partial charge < -0.3 is 10.2 Å². The minimum atomic E-state index is -0.249. The lowest BCUT2D eigenvalue weighted by Crippen LogP contribution is -2.35. The fraction of sp³-hybridized carbons (Fsp3) is 0.611. The molecule has 1 amide bonds. The number of carbonyl (C=O) groups is 1. The molecular formula is C18H27FN2O. The summed E-state index contributed by atoms with van der Waals surface area (Å²) in [6, 6.07) is 6.44. The van der Waals surface area contributed by atoms with Gasteiger partial charge in [0, 0.05) is 19.0 Å². The van der Waals surface area contributed by atoms with E-state index >= 15 is 0 Å². The molecule has 1 saturated heterocycles. The molecule has 122 valence electrons. The lowest BCUT2D eigenvalue weighted by atomic mass is 9.84. The highest BCUT2D eigenvalue weighted by Gasteiger charge is 2.25. The second-order valence-electron chi connectivity index (χ2n) is 6.47. The quantitative estimate of drug-likeness (QED) is 0.904. The summed E-state index contributed by atoms with van der Waals surface area (Å²) in [5.74, 6) is 0.843. The third-order valence-electron chi connectivity index (χ3n) is 5.01. The second-order valence-corrected chi connectivity index (χ2v) is 6.47. The van der Waals surface area contributed by atoms with Crippen LogP contribution in [0.25, 0.3) is 0 Å². The highest BCUT2D eigenvalue weighted by Crippen LogP contribution is 2.27. The van der Waals surface area contributed by atoms with Crippen LogP contribution in [0.1, 0.15) is 44.7 Å². The van der Waals surface area contributed by atoms with Crippen molar-refractivity contribution < 1.29 is 9.18 Å². The van der Waals surface area contributed by atoms with Crippen molar-refractivity contribution >= 4 is 5.91 Å². The Morgan fingerprint density at radius 2 is 1.95 bits per heavy atom. The van der Waals surface area contributed by atoms with Crippen LogP contribution in [-0.4, -0.2) is 30.9 Å². The first-order chi connectivity index (χ1) is 10.5. The molecule has 1 fully saturated rings. The number of benzene rings is 1. The largest absolute Gasteiger partial charge is 0.339 e. The zero-order valence-corrected chi connectivity index (χ0v) is 13.8. The number of hydrogen-bond donors (Lipinski definition) is 1. The maximum atomic E-state index is 13.9. The molecule has 0 bridgehead atoms. The number of nitrogens with one attached hydrogen (secondary N) is 1. The molecule has 1 heterocycles. The van der Waals surface area contributed by atoms with Crippen LogP contribution >= 0.6 is 0 Å². The lowest BCUT2D eigenvalue weighted by molar-refractivity contribution is -0.133. The fourth-order valence-corrected chi connectivity index (χ4v) is 3.24. The van der Waals surface area contributed by atoms with Crippen molar-refractivity contribution in [2.75, 3.05) is 20.1 Å². The topological polar surface area (TPSA) is 32.3 Å². The standard InChI is InChI=1S/C18H27FN2O/c1-13(15-8-10-20-11-9-15)12-18(22)21(3)14(2)16-6-4-5-7-17(16)19/h4-7,13-15,20H,8-12H2,1-3H3. The van der Waals surface area contributed by atoms with Crippen LogP contribution in [0.15, 0.2) is 24.3 Å². The van der Waals surface area contributed by atoms with Crippen molar-refractivity contribution in [2.24, 2.45) is 11.8 Å². The Morgan fingerprint density at radius 3 is 2.59 bits per heavy atom. The zero-order chi connectivity index (χ0) is 16.1. The first-order valence-corrected chi connectivity index (χ1v) is 8.21. The van der Waals surface area contributed by atoms with Crippen molar-refractivity contribution in [1.29, 1.82) is 0 Å². The summed E-state index contributed by atoms with van der Waals surface area (Å²) >= 11 is 0. The maximum absolute atomic E-state index is 13.9. The van der Waals surface area contributed by atoms with Crippen LogP contribution in [0, 0.1) is 17.7 Å². The summed E-state index contributed by atoms with van der Waals surface area (Å²) < 4.78 is 13.9. The summed E-state index contributed by atoms with van der Waals surface area (Å²) in [5, 5.41) is 3.35. The van der Waals surface area contributed by atoms with E-state index in [1.54, 1.807) is 24.1 Å². The van der Waals surface area contributed by atoms with Crippen LogP contribution in [0.2, 0.25) is 0 Å². The number of carbonyl (C=O) groups excluding carboxylic acids is 1. The van der Waals surface area contributed by atoms with Crippen LogP contribution in [0.4, 0.5) is 4.39 Å². The first-order valence-electron chi connectivity index (χ1n) is 8.21. The molecule has 0 spiro atoms. The van der Waals surface area contributed by atoms with E-state index in [9.17, 15) is 9.18 Å². The smallest absolute Gasteiger partial charge is 0.223 e. The molecule has 1 aromatic rings. The summed E-state index contributed by atoms with van der Waals surface area (Å²) in [6.07, 6.45) is 2.82. The third kappa shape index (κ3) is 4.07. The summed E-state index contributed by atoms with van der Waals surface area (Å²) in [4.78, 5) is 14.2. The van der Waals surface area contributed by atoms with Gasteiger partial charge in [-0.05, 0) is 50.8 Å². The number of halogens is 1. The minimum absolute atomic E-state index is 0.0989. The Labute approximate surface area is 132 Å². The van der Waals surface area contributed by atoms with Gasteiger partial charge in [0.25, 0.3) is 0 Å². The molecule has 1 aliphatic rings. The molecule has 0 aliphatic carbocycles. The molecule has 1 aliphatic heterocycles. The van der Waals surface area contributed by atoms with Gasteiger partial charge in [-0.1, -0.05) is 25.1 Å². The molecule has 3 nitrogen and oxygen atoms in total. The van der Waals surface area contributed by atoms with Gasteiger partial charge in [-0.15, -0.1) is 0 Å². The minimum Gasteiger partial charge on any atom is -0.339 e. The van der Waals surface area contributed by atoms with Gasteiger partial charge >= 0.3 is 0 Å². The van der Waals surface area contributed by atoms with Gasteiger partial charge in [0.1, 0.15) is 5.82 Å². The molecule has 2 rings (SSSR count). The molecule has 0 radical (unpaired) electrons. The molecule has 0 saturated carbocycles. The highest BCUT2D eigenvalue weighted by molar-refractivity contribution is 5.76. The van der Waals surface area contributed by atoms with Crippen LogP contribution in [0.5, 0.6) is 0 Å². The van der Waals surface area contributed by atoms with Crippen molar-refractivity contribution in [3.05, 3.63) is 35.6 Å². The lowest BCUT2D eigenvalue weighted by Gasteiger charge is -2.31. The van der Waals surface area contributed by atoms with Gasteiger partial charge in [0.05, 0.1) is 6.04 Å². The maximum Gasteiger partial charge on any atom is 0.223 e. The van der Waals surface area contributed by atoms with E-state index in [0.29, 0.717) is 23.8 Å². The van der Waals surface area contributed by atoms with Gasteiger partial charge in [0.15, 0.2) is 0 Å². The Kier molecular flexibility index (Phi) is 5.95. The Balaban J connectivity index is 1.95. The fourth-order valence-electron chi connectivity index (χ4n) is 3.24. The first kappa shape index (κ1) is 16.9. The van der Waals surface area contributed by atoms with E-state index in [1.165, 1.54) is 6.07 Å². The number of hydrogen-bond acceptors (Lipinski definition) is 2. The number of nitrogens with zero attached hydrogens (tertiary/aromatic N) is 1. The summed E-state index contributed by atoms with van der Waals surface area (Å²) in [5.41, 5.74) is 0.577. The summed E-state index contributed by atoms with van der Waals surface area (Å²) in [6.45, 7) is 6.14. The van der Waals surface area contributed by atoms with Crippen molar-refractivity contribution in [3.8, 4) is 0 Å². The van der Waals surface area contributed by atoms with E-state index in [0.717, 1.165) is 25.9 Å². The van der Waals surface area contributed by atoms with Crippen molar-refractivity contribution in [1.82, 2.24) is 10.2 Å². The Morgan fingerprint density at radius 1 is 1.32 bits per heavy atom. The predicted molar refractivity (Wildman–Crippen MR) is 87.0 cm³/mol. The summed E-state index contributed by atoms with van der Waals surface area (Å²) in [7, 11) is 1.77. The van der Waals surface area contributed by atoms with Gasteiger partial charge in [-0.3, -0.25) is 4.79 Å². The van der Waals surface area contributed by atoms with Crippen molar-refractivity contribution in [3.63, 3.8) is 0 Å². The average Bonchev–Trinajstić information content (AvgIpc) is 2.54. The number of rotatable bonds is 5. The molecule has 2 atom stereocenters. The number of amides is 1. The van der Waals surface area contributed by atoms with Gasteiger partial charge in [-0.25, -0.2) is 4.39 Å². The van der Waals surface area contributed by atoms with E-state index in [-0.39, 0.29) is 17.8 Å². The molecule has 1 aromatic carbocycles.